The highest BCUT2D eigenvalue weighted by Crippen LogP contribution is 2.29. The van der Waals surface area contributed by atoms with Gasteiger partial charge in [-0.2, -0.15) is 0 Å². The van der Waals surface area contributed by atoms with Crippen LogP contribution in [0.3, 0.4) is 0 Å². The molecule has 1 heterocycles. The molecule has 1 aromatic rings. The Morgan fingerprint density at radius 1 is 1.33 bits per heavy atom. The van der Waals surface area contributed by atoms with Crippen LogP contribution in [0, 0.1) is 13.8 Å². The van der Waals surface area contributed by atoms with Crippen LogP contribution in [-0.4, -0.2) is 13.1 Å². The van der Waals surface area contributed by atoms with E-state index in [1.165, 1.54) is 29.5 Å². The first kappa shape index (κ1) is 11.0. The fourth-order valence-corrected chi connectivity index (χ4v) is 2.49. The monoisotopic (exact) mass is 223 g/mol. The molecule has 1 saturated heterocycles. The third-order valence-corrected chi connectivity index (χ3v) is 3.79. The summed E-state index contributed by atoms with van der Waals surface area (Å²) in [6.45, 7) is 6.48. The predicted octanol–water partition coefficient (Wildman–Crippen LogP) is 3.42. The highest BCUT2D eigenvalue weighted by atomic mass is 35.5. The van der Waals surface area contributed by atoms with Crippen LogP contribution in [0.2, 0.25) is 5.02 Å². The van der Waals surface area contributed by atoms with E-state index in [9.17, 15) is 0 Å². The number of rotatable bonds is 1. The second-order valence-electron chi connectivity index (χ2n) is 4.49. The van der Waals surface area contributed by atoms with Gasteiger partial charge in [0.25, 0.3) is 0 Å². The van der Waals surface area contributed by atoms with E-state index < -0.39 is 0 Å². The van der Waals surface area contributed by atoms with Gasteiger partial charge < -0.3 is 5.32 Å². The fourth-order valence-electron chi connectivity index (χ4n) is 2.21. The first-order chi connectivity index (χ1) is 7.18. The number of halogens is 1. The molecule has 1 nitrogen and oxygen atoms in total. The van der Waals surface area contributed by atoms with E-state index in [4.69, 9.17) is 11.6 Å². The van der Waals surface area contributed by atoms with Crippen LogP contribution in [0.1, 0.15) is 35.4 Å². The van der Waals surface area contributed by atoms with Crippen molar-refractivity contribution < 1.29 is 0 Å². The smallest absolute Gasteiger partial charge is 0.0440 e. The highest BCUT2D eigenvalue weighted by Gasteiger charge is 2.16. The summed E-state index contributed by atoms with van der Waals surface area (Å²) >= 11 is 6.22. The zero-order chi connectivity index (χ0) is 10.8. The van der Waals surface area contributed by atoms with Crippen molar-refractivity contribution in [2.24, 2.45) is 0 Å². The molecule has 82 valence electrons. The lowest BCUT2D eigenvalue weighted by molar-refractivity contribution is 0.461. The van der Waals surface area contributed by atoms with Crippen LogP contribution in [0.25, 0.3) is 0 Å². The van der Waals surface area contributed by atoms with Crippen molar-refractivity contribution in [3.05, 3.63) is 33.8 Å². The molecule has 0 bridgehead atoms. The molecule has 1 aliphatic heterocycles. The van der Waals surface area contributed by atoms with Gasteiger partial charge in [-0.3, -0.25) is 0 Å². The summed E-state index contributed by atoms with van der Waals surface area (Å²) in [5.74, 6) is 0.649. The molecule has 1 aliphatic rings. The standard InChI is InChI=1S/C13H18ClN/c1-9-6-12(7-13(14)10(9)2)11-4-3-5-15-8-11/h6-7,11,15H,3-5,8H2,1-2H3. The average molecular weight is 224 g/mol. The number of hydrogen-bond acceptors (Lipinski definition) is 1. The number of hydrogen-bond donors (Lipinski definition) is 1. The van der Waals surface area contributed by atoms with Gasteiger partial charge in [0.15, 0.2) is 0 Å². The Labute approximate surface area is 96.8 Å². The Hall–Kier alpha value is -0.530. The van der Waals surface area contributed by atoms with Crippen molar-refractivity contribution in [1.29, 1.82) is 0 Å². The number of benzene rings is 1. The molecule has 1 atom stereocenters. The maximum Gasteiger partial charge on any atom is 0.0440 e. The van der Waals surface area contributed by atoms with Gasteiger partial charge in [-0.05, 0) is 61.9 Å². The molecule has 1 unspecified atom stereocenters. The molecule has 1 aromatic carbocycles. The van der Waals surface area contributed by atoms with E-state index in [0.29, 0.717) is 5.92 Å². The van der Waals surface area contributed by atoms with E-state index in [1.54, 1.807) is 0 Å². The summed E-state index contributed by atoms with van der Waals surface area (Å²) < 4.78 is 0. The summed E-state index contributed by atoms with van der Waals surface area (Å²) in [6.07, 6.45) is 2.56. The normalized spacial score (nSPS) is 21.7. The Morgan fingerprint density at radius 2 is 2.13 bits per heavy atom. The minimum Gasteiger partial charge on any atom is -0.316 e. The molecule has 1 fully saturated rings. The summed E-state index contributed by atoms with van der Waals surface area (Å²) in [4.78, 5) is 0. The zero-order valence-corrected chi connectivity index (χ0v) is 10.2. The maximum atomic E-state index is 6.22. The van der Waals surface area contributed by atoms with Crippen LogP contribution in [-0.2, 0) is 0 Å². The summed E-state index contributed by atoms with van der Waals surface area (Å²) in [5, 5.41) is 4.36. The van der Waals surface area contributed by atoms with E-state index in [2.05, 4.69) is 31.3 Å². The van der Waals surface area contributed by atoms with Crippen LogP contribution in [0.15, 0.2) is 12.1 Å². The Kier molecular flexibility index (Phi) is 3.32. The van der Waals surface area contributed by atoms with Crippen molar-refractivity contribution in [3.8, 4) is 0 Å². The first-order valence-electron chi connectivity index (χ1n) is 5.66. The van der Waals surface area contributed by atoms with Crippen LogP contribution in [0.5, 0.6) is 0 Å². The highest BCUT2D eigenvalue weighted by molar-refractivity contribution is 6.31. The van der Waals surface area contributed by atoms with E-state index >= 15 is 0 Å². The molecule has 0 radical (unpaired) electrons. The minimum absolute atomic E-state index is 0.649. The number of aryl methyl sites for hydroxylation is 1. The maximum absolute atomic E-state index is 6.22. The second-order valence-corrected chi connectivity index (χ2v) is 4.90. The van der Waals surface area contributed by atoms with Gasteiger partial charge in [0, 0.05) is 11.6 Å². The molecular weight excluding hydrogens is 206 g/mol. The topological polar surface area (TPSA) is 12.0 Å². The van der Waals surface area contributed by atoms with Crippen molar-refractivity contribution in [2.75, 3.05) is 13.1 Å². The molecular formula is C13H18ClN. The molecule has 2 rings (SSSR count). The Morgan fingerprint density at radius 3 is 2.73 bits per heavy atom. The quantitative estimate of drug-likeness (QED) is 0.770. The summed E-state index contributed by atoms with van der Waals surface area (Å²) in [6, 6.07) is 4.43. The fraction of sp³-hybridized carbons (Fsp3) is 0.538. The number of piperidine rings is 1. The van der Waals surface area contributed by atoms with Gasteiger partial charge in [-0.25, -0.2) is 0 Å². The Balaban J connectivity index is 2.27. The molecule has 0 saturated carbocycles. The van der Waals surface area contributed by atoms with Crippen molar-refractivity contribution in [1.82, 2.24) is 5.32 Å². The second kappa shape index (κ2) is 4.54. The third-order valence-electron chi connectivity index (χ3n) is 3.39. The number of nitrogens with one attached hydrogen (secondary N) is 1. The van der Waals surface area contributed by atoms with E-state index in [-0.39, 0.29) is 0 Å². The van der Waals surface area contributed by atoms with Crippen LogP contribution < -0.4 is 5.32 Å². The molecule has 15 heavy (non-hydrogen) atoms. The molecule has 0 amide bonds. The zero-order valence-electron chi connectivity index (χ0n) is 9.44. The van der Waals surface area contributed by atoms with Gasteiger partial charge >= 0.3 is 0 Å². The van der Waals surface area contributed by atoms with Crippen molar-refractivity contribution >= 4 is 11.6 Å². The summed E-state index contributed by atoms with van der Waals surface area (Å²) in [7, 11) is 0. The average Bonchev–Trinajstić information content (AvgIpc) is 2.26. The first-order valence-corrected chi connectivity index (χ1v) is 6.03. The summed E-state index contributed by atoms with van der Waals surface area (Å²) in [5.41, 5.74) is 3.92. The molecule has 0 aliphatic carbocycles. The molecule has 1 N–H and O–H groups in total. The van der Waals surface area contributed by atoms with Crippen molar-refractivity contribution in [2.45, 2.75) is 32.6 Å². The van der Waals surface area contributed by atoms with Gasteiger partial charge in [-0.15, -0.1) is 0 Å². The van der Waals surface area contributed by atoms with E-state index in [0.717, 1.165) is 18.1 Å². The van der Waals surface area contributed by atoms with E-state index in [1.807, 2.05) is 0 Å². The Bertz CT molecular complexity index is 331. The van der Waals surface area contributed by atoms with Gasteiger partial charge in [0.1, 0.15) is 0 Å². The van der Waals surface area contributed by atoms with Gasteiger partial charge in [0.2, 0.25) is 0 Å². The molecule has 0 spiro atoms. The SMILES string of the molecule is Cc1cc(C2CCCNC2)cc(Cl)c1C. The molecule has 0 aromatic heterocycles. The van der Waals surface area contributed by atoms with Gasteiger partial charge in [0.05, 0.1) is 0 Å². The largest absolute Gasteiger partial charge is 0.316 e. The lowest BCUT2D eigenvalue weighted by atomic mass is 9.90. The molecule has 2 heteroatoms. The van der Waals surface area contributed by atoms with Crippen LogP contribution in [0.4, 0.5) is 0 Å². The lowest BCUT2D eigenvalue weighted by Crippen LogP contribution is -2.28. The van der Waals surface area contributed by atoms with Crippen molar-refractivity contribution in [3.63, 3.8) is 0 Å². The minimum atomic E-state index is 0.649. The van der Waals surface area contributed by atoms with Crippen LogP contribution >= 0.6 is 11.6 Å². The van der Waals surface area contributed by atoms with Gasteiger partial charge in [-0.1, -0.05) is 17.7 Å². The lowest BCUT2D eigenvalue weighted by Gasteiger charge is -2.24. The third kappa shape index (κ3) is 2.35. The predicted molar refractivity (Wildman–Crippen MR) is 65.8 cm³/mol.